The van der Waals surface area contributed by atoms with Gasteiger partial charge in [0, 0.05) is 91.5 Å². The van der Waals surface area contributed by atoms with E-state index >= 15 is 0 Å². The van der Waals surface area contributed by atoms with Gasteiger partial charge in [0.05, 0.1) is 38.7 Å². The van der Waals surface area contributed by atoms with Crippen LogP contribution in [-0.4, -0.2) is 122 Å². The molecule has 2 aliphatic rings. The SMILES string of the molecule is FC(F)(F)c1ncc(Br)cn1.O=C(CCc1cc(-c2cnc(C(F)(F)F)nc2)c(F)cn1)[C@@H]1C[C@@H](F)CN1S(=O)(=O)c1ccc(F)cc1.O=C(CCc1cc(B(O)O)c(F)cn1)[C@@H]1C[C@@H](F)CN1S(=O)(=O)c1ccc(F)cc1. The van der Waals surface area contributed by atoms with Crippen molar-refractivity contribution in [3.05, 3.63) is 149 Å². The summed E-state index contributed by atoms with van der Waals surface area (Å²) in [5, 5.41) is 18.3. The van der Waals surface area contributed by atoms with Crippen LogP contribution in [0.4, 0.5) is 52.7 Å². The maximum atomic E-state index is 14.3. The van der Waals surface area contributed by atoms with E-state index < -0.39 is 129 Å². The van der Waals surface area contributed by atoms with E-state index in [1.54, 1.807) is 0 Å². The molecule has 2 saturated heterocycles. The summed E-state index contributed by atoms with van der Waals surface area (Å²) in [5.74, 6) is -6.75. The summed E-state index contributed by atoms with van der Waals surface area (Å²) in [7, 11) is -10.6. The zero-order valence-corrected chi connectivity index (χ0v) is 42.7. The monoisotopic (exact) mass is 1210 g/mol. The number of alkyl halides is 8. The first kappa shape index (κ1) is 60.9. The average Bonchev–Trinajstić information content (AvgIpc) is 3.99. The Kier molecular flexibility index (Phi) is 19.7. The lowest BCUT2D eigenvalue weighted by molar-refractivity contribution is -0.145. The minimum atomic E-state index is -4.77. The van der Waals surface area contributed by atoms with Gasteiger partial charge < -0.3 is 10.0 Å². The Morgan fingerprint density at radius 2 is 0.974 bits per heavy atom. The number of sulfonamides is 2. The Morgan fingerprint density at radius 1 is 0.590 bits per heavy atom. The van der Waals surface area contributed by atoms with Gasteiger partial charge in [-0.15, -0.1) is 0 Å². The van der Waals surface area contributed by atoms with Crippen molar-refractivity contribution >= 4 is 60.1 Å². The van der Waals surface area contributed by atoms with E-state index in [0.29, 0.717) is 4.47 Å². The predicted molar refractivity (Wildman–Crippen MR) is 253 cm³/mol. The molecule has 4 atom stereocenters. The number of halogens is 13. The summed E-state index contributed by atoms with van der Waals surface area (Å²) < 4.78 is 209. The third-order valence-corrected chi connectivity index (χ3v) is 15.7. The van der Waals surface area contributed by atoms with E-state index in [1.165, 1.54) is 6.07 Å². The number of carbonyl (C=O) groups excluding carboxylic acids is 2. The van der Waals surface area contributed by atoms with Crippen LogP contribution < -0.4 is 5.46 Å². The Balaban J connectivity index is 0.000000214. The second kappa shape index (κ2) is 25.2. The zero-order valence-electron chi connectivity index (χ0n) is 39.4. The molecule has 8 rings (SSSR count). The second-order valence-corrected chi connectivity index (χ2v) is 21.6. The highest BCUT2D eigenvalue weighted by atomic mass is 79.9. The first-order valence-electron chi connectivity index (χ1n) is 22.4. The molecule has 2 aromatic carbocycles. The number of carbonyl (C=O) groups is 2. The summed E-state index contributed by atoms with van der Waals surface area (Å²) in [5.41, 5.74) is -0.217. The molecule has 4 aromatic heterocycles. The van der Waals surface area contributed by atoms with Crippen molar-refractivity contribution in [2.75, 3.05) is 13.1 Å². The van der Waals surface area contributed by atoms with Crippen molar-refractivity contribution in [1.29, 1.82) is 0 Å². The molecule has 0 radical (unpaired) electrons. The maximum Gasteiger partial charge on any atom is 0.491 e. The van der Waals surface area contributed by atoms with Gasteiger partial charge in [0.25, 0.3) is 0 Å². The second-order valence-electron chi connectivity index (χ2n) is 16.9. The molecule has 0 spiro atoms. The van der Waals surface area contributed by atoms with Gasteiger partial charge in [-0.05, 0) is 89.4 Å². The molecule has 0 unspecified atom stereocenters. The van der Waals surface area contributed by atoms with E-state index in [1.807, 2.05) is 0 Å². The predicted octanol–water partition coefficient (Wildman–Crippen LogP) is 6.74. The average molecular weight is 1210 g/mol. The molecule has 2 aliphatic heterocycles. The molecule has 0 bridgehead atoms. The van der Waals surface area contributed by atoms with Crippen LogP contribution in [-0.2, 0) is 54.8 Å². The van der Waals surface area contributed by atoms with Crippen molar-refractivity contribution in [1.82, 2.24) is 38.5 Å². The van der Waals surface area contributed by atoms with E-state index in [-0.39, 0.29) is 70.8 Å². The third-order valence-electron chi connectivity index (χ3n) is 11.5. The van der Waals surface area contributed by atoms with Crippen LogP contribution >= 0.6 is 15.9 Å². The lowest BCUT2D eigenvalue weighted by Crippen LogP contribution is -2.40. The quantitative estimate of drug-likeness (QED) is 0.0851. The van der Waals surface area contributed by atoms with Gasteiger partial charge in [-0.3, -0.25) is 19.6 Å². The molecule has 78 heavy (non-hydrogen) atoms. The third kappa shape index (κ3) is 15.5. The topological polar surface area (TPSA) is 227 Å². The van der Waals surface area contributed by atoms with Crippen molar-refractivity contribution in [2.45, 2.75) is 85.1 Å². The smallest absolute Gasteiger partial charge is 0.423 e. The van der Waals surface area contributed by atoms with E-state index in [4.69, 9.17) is 10.0 Å². The summed E-state index contributed by atoms with van der Waals surface area (Å²) in [4.78, 5) is 45.2. The molecule has 32 heteroatoms. The highest BCUT2D eigenvalue weighted by Crippen LogP contribution is 2.33. The number of Topliss-reactive ketones (excluding diaryl/α,β-unsaturated/α-hetero) is 2. The van der Waals surface area contributed by atoms with Crippen LogP contribution in [0.1, 0.15) is 48.7 Å². The van der Waals surface area contributed by atoms with Gasteiger partial charge in [-0.1, -0.05) is 0 Å². The van der Waals surface area contributed by atoms with E-state index in [2.05, 4.69) is 45.8 Å². The minimum Gasteiger partial charge on any atom is -0.423 e. The Labute approximate surface area is 444 Å². The molecule has 2 fully saturated rings. The number of pyridine rings is 2. The van der Waals surface area contributed by atoms with E-state index in [0.717, 1.165) is 100 Å². The van der Waals surface area contributed by atoms with Gasteiger partial charge in [-0.2, -0.15) is 35.0 Å². The van der Waals surface area contributed by atoms with Crippen molar-refractivity contribution in [2.24, 2.45) is 0 Å². The number of aryl methyl sites for hydroxylation is 2. The molecular formula is C46H38BBrF12N8O8S2. The molecule has 6 aromatic rings. The Hall–Kier alpha value is -6.32. The van der Waals surface area contributed by atoms with Gasteiger partial charge in [0.1, 0.15) is 35.6 Å². The zero-order chi connectivity index (χ0) is 57.5. The fourth-order valence-corrected chi connectivity index (χ4v) is 11.2. The standard InChI is InChI=1S/C23H18F6N4O3S.C18H18BF3N2O5S.C5H2BrF3N2/c24-14-1-4-17(5-2-14)37(35,36)33-12-15(25)7-20(33)21(34)6-3-16-8-18(19(26)11-30-16)13-9-31-22(32-10-13)23(27,28)29;20-11-1-4-14(5-2-11)30(28,29)24-10-12(21)7-17(24)18(25)6-3-13-8-15(19(26)27)16(22)9-23-13;6-3-1-10-4(11-2-3)5(7,8)9/h1-2,4-5,8-11,15,20H,3,6-7,12H2;1-2,4-5,8-9,12,17,26-27H,3,6-7,10H2;1-2H/t15-,20+;12-,17+;/m11./s1. The molecule has 0 aliphatic carbocycles. The van der Waals surface area contributed by atoms with Crippen LogP contribution in [0.5, 0.6) is 0 Å². The number of hydrogen-bond acceptors (Lipinski definition) is 14. The summed E-state index contributed by atoms with van der Waals surface area (Å²) >= 11 is 2.92. The lowest BCUT2D eigenvalue weighted by Gasteiger charge is -2.22. The van der Waals surface area contributed by atoms with Crippen molar-refractivity contribution < 1.29 is 89.2 Å². The normalized spacial score (nSPS) is 18.1. The largest absolute Gasteiger partial charge is 0.491 e. The molecule has 6 heterocycles. The Bertz CT molecular complexity index is 3310. The van der Waals surface area contributed by atoms with Gasteiger partial charge in [0.2, 0.25) is 31.7 Å². The molecule has 2 N–H and O–H groups in total. The molecule has 16 nitrogen and oxygen atoms in total. The first-order valence-corrected chi connectivity index (χ1v) is 26.1. The number of hydrogen-bond donors (Lipinski definition) is 2. The number of nitrogens with zero attached hydrogens (tertiary/aromatic N) is 8. The first-order chi connectivity index (χ1) is 36.4. The molecular weight excluding hydrogens is 1180 g/mol. The van der Waals surface area contributed by atoms with E-state index in [9.17, 15) is 79.1 Å². The highest BCUT2D eigenvalue weighted by molar-refractivity contribution is 9.10. The van der Waals surface area contributed by atoms with Crippen LogP contribution in [0.15, 0.2) is 112 Å². The summed E-state index contributed by atoms with van der Waals surface area (Å²) in [6.07, 6.45) is -8.27. The van der Waals surface area contributed by atoms with Crippen LogP contribution in [0.3, 0.4) is 0 Å². The fraction of sp³-hybridized carbons (Fsp3) is 0.304. The number of ketones is 2. The number of rotatable bonds is 14. The fourth-order valence-electron chi connectivity index (χ4n) is 7.70. The summed E-state index contributed by atoms with van der Waals surface area (Å²) in [6.45, 7) is -1.03. The Morgan fingerprint density at radius 3 is 1.37 bits per heavy atom. The molecule has 0 amide bonds. The van der Waals surface area contributed by atoms with Crippen LogP contribution in [0.25, 0.3) is 11.1 Å². The van der Waals surface area contributed by atoms with Crippen molar-refractivity contribution in [3.8, 4) is 11.1 Å². The molecule has 0 saturated carbocycles. The van der Waals surface area contributed by atoms with Crippen LogP contribution in [0.2, 0.25) is 0 Å². The van der Waals surface area contributed by atoms with Gasteiger partial charge in [-0.25, -0.2) is 63.1 Å². The van der Waals surface area contributed by atoms with Gasteiger partial charge >= 0.3 is 19.5 Å². The molecule has 416 valence electrons. The number of aromatic nitrogens is 6. The minimum absolute atomic E-state index is 0.0310. The van der Waals surface area contributed by atoms with Crippen LogP contribution in [0, 0.1) is 23.3 Å². The van der Waals surface area contributed by atoms with Crippen molar-refractivity contribution in [3.63, 3.8) is 0 Å². The lowest BCUT2D eigenvalue weighted by atomic mass is 9.80. The summed E-state index contributed by atoms with van der Waals surface area (Å²) in [6, 6.07) is 7.69. The highest BCUT2D eigenvalue weighted by Gasteiger charge is 2.45. The number of benzene rings is 2. The van der Waals surface area contributed by atoms with Gasteiger partial charge in [0.15, 0.2) is 11.6 Å². The maximum absolute atomic E-state index is 14.3.